The minimum Gasteiger partial charge on any atom is -0.382 e. The summed E-state index contributed by atoms with van der Waals surface area (Å²) in [4.78, 5) is 0. The van der Waals surface area contributed by atoms with Gasteiger partial charge in [0.1, 0.15) is 5.82 Å². The van der Waals surface area contributed by atoms with Crippen LogP contribution in [0.5, 0.6) is 0 Å². The molecule has 0 atom stereocenters. The molecule has 1 aliphatic carbocycles. The van der Waals surface area contributed by atoms with E-state index in [2.05, 4.69) is 12.0 Å². The van der Waals surface area contributed by atoms with E-state index >= 15 is 0 Å². The Morgan fingerprint density at radius 1 is 1.67 bits per heavy atom. The third-order valence-corrected chi connectivity index (χ3v) is 2.45. The molecule has 0 saturated heterocycles. The highest BCUT2D eigenvalue weighted by atomic mass is 15.3. The first-order valence-corrected chi connectivity index (χ1v) is 4.55. The van der Waals surface area contributed by atoms with Crippen molar-refractivity contribution in [3.63, 3.8) is 0 Å². The summed E-state index contributed by atoms with van der Waals surface area (Å²) in [7, 11) is 0. The van der Waals surface area contributed by atoms with Gasteiger partial charge in [0, 0.05) is 18.3 Å². The molecule has 2 rings (SSSR count). The second kappa shape index (κ2) is 2.81. The Labute approximate surface area is 72.6 Å². The summed E-state index contributed by atoms with van der Waals surface area (Å²) in [6, 6.07) is 1.92. The first kappa shape index (κ1) is 7.65. The third-order valence-electron chi connectivity index (χ3n) is 2.45. The van der Waals surface area contributed by atoms with Gasteiger partial charge < -0.3 is 5.73 Å². The molecule has 1 aromatic heterocycles. The van der Waals surface area contributed by atoms with E-state index in [1.54, 1.807) is 0 Å². The molecule has 1 heterocycles. The van der Waals surface area contributed by atoms with Crippen molar-refractivity contribution in [2.45, 2.75) is 32.7 Å². The van der Waals surface area contributed by atoms with Crippen LogP contribution < -0.4 is 5.73 Å². The zero-order valence-electron chi connectivity index (χ0n) is 7.45. The second-order valence-electron chi connectivity index (χ2n) is 3.67. The minimum atomic E-state index is 0.642. The van der Waals surface area contributed by atoms with Crippen LogP contribution >= 0.6 is 0 Å². The number of rotatable bonds is 3. The van der Waals surface area contributed by atoms with Gasteiger partial charge in [0.25, 0.3) is 0 Å². The van der Waals surface area contributed by atoms with E-state index in [1.807, 2.05) is 10.7 Å². The van der Waals surface area contributed by atoms with Gasteiger partial charge in [-0.05, 0) is 19.3 Å². The zero-order chi connectivity index (χ0) is 8.55. The standard InChI is InChI=1S/C9H15N3/c1-7-6-9(10)11-12(7)5-4-8-2-3-8/h6,8H,2-5H2,1H3,(H2,10,11). The van der Waals surface area contributed by atoms with E-state index in [1.165, 1.54) is 25.0 Å². The van der Waals surface area contributed by atoms with Gasteiger partial charge in [-0.15, -0.1) is 0 Å². The summed E-state index contributed by atoms with van der Waals surface area (Å²) >= 11 is 0. The molecular weight excluding hydrogens is 150 g/mol. The number of aromatic nitrogens is 2. The Morgan fingerprint density at radius 3 is 2.92 bits per heavy atom. The van der Waals surface area contributed by atoms with Crippen LogP contribution in [0.25, 0.3) is 0 Å². The van der Waals surface area contributed by atoms with Crippen molar-refractivity contribution in [3.05, 3.63) is 11.8 Å². The van der Waals surface area contributed by atoms with Gasteiger partial charge in [-0.1, -0.05) is 12.8 Å². The maximum Gasteiger partial charge on any atom is 0.145 e. The van der Waals surface area contributed by atoms with Gasteiger partial charge in [0.15, 0.2) is 0 Å². The highest BCUT2D eigenvalue weighted by Crippen LogP contribution is 2.32. The average molecular weight is 165 g/mol. The fourth-order valence-corrected chi connectivity index (χ4v) is 1.47. The molecule has 1 aliphatic rings. The summed E-state index contributed by atoms with van der Waals surface area (Å²) in [6.07, 6.45) is 4.09. The number of hydrogen-bond donors (Lipinski definition) is 1. The van der Waals surface area contributed by atoms with Gasteiger partial charge in [-0.3, -0.25) is 4.68 Å². The molecule has 66 valence electrons. The highest BCUT2D eigenvalue weighted by molar-refractivity contribution is 5.28. The van der Waals surface area contributed by atoms with E-state index in [0.29, 0.717) is 5.82 Å². The second-order valence-corrected chi connectivity index (χ2v) is 3.67. The van der Waals surface area contributed by atoms with Crippen LogP contribution in [-0.2, 0) is 6.54 Å². The van der Waals surface area contributed by atoms with Gasteiger partial charge in [-0.25, -0.2) is 0 Å². The van der Waals surface area contributed by atoms with Gasteiger partial charge >= 0.3 is 0 Å². The van der Waals surface area contributed by atoms with Gasteiger partial charge in [0.05, 0.1) is 0 Å². The molecule has 3 nitrogen and oxygen atoms in total. The van der Waals surface area contributed by atoms with Crippen molar-refractivity contribution in [1.29, 1.82) is 0 Å². The predicted molar refractivity (Wildman–Crippen MR) is 48.7 cm³/mol. The van der Waals surface area contributed by atoms with Crippen LogP contribution in [0.1, 0.15) is 25.0 Å². The van der Waals surface area contributed by atoms with E-state index in [4.69, 9.17) is 5.73 Å². The monoisotopic (exact) mass is 165 g/mol. The SMILES string of the molecule is Cc1cc(N)nn1CCC1CC1. The van der Waals surface area contributed by atoms with Crippen LogP contribution in [0, 0.1) is 12.8 Å². The Kier molecular flexibility index (Phi) is 1.79. The number of anilines is 1. The van der Waals surface area contributed by atoms with Crippen molar-refractivity contribution in [1.82, 2.24) is 9.78 Å². The van der Waals surface area contributed by atoms with Crippen molar-refractivity contribution < 1.29 is 0 Å². The molecule has 1 aromatic rings. The predicted octanol–water partition coefficient (Wildman–Crippen LogP) is 1.57. The van der Waals surface area contributed by atoms with Crippen LogP contribution in [0.2, 0.25) is 0 Å². The molecule has 0 radical (unpaired) electrons. The maximum absolute atomic E-state index is 5.57. The van der Waals surface area contributed by atoms with Gasteiger partial charge in [-0.2, -0.15) is 5.10 Å². The molecule has 0 spiro atoms. The molecule has 0 aliphatic heterocycles. The molecule has 0 amide bonds. The number of hydrogen-bond acceptors (Lipinski definition) is 2. The average Bonchev–Trinajstić information content (AvgIpc) is 2.76. The maximum atomic E-state index is 5.57. The van der Waals surface area contributed by atoms with Crippen molar-refractivity contribution in [2.24, 2.45) is 5.92 Å². The first-order valence-electron chi connectivity index (χ1n) is 4.55. The topological polar surface area (TPSA) is 43.8 Å². The van der Waals surface area contributed by atoms with E-state index in [0.717, 1.165) is 12.5 Å². The van der Waals surface area contributed by atoms with E-state index in [9.17, 15) is 0 Å². The molecule has 12 heavy (non-hydrogen) atoms. The Bertz CT molecular complexity index is 273. The Hall–Kier alpha value is -0.990. The fraction of sp³-hybridized carbons (Fsp3) is 0.667. The lowest BCUT2D eigenvalue weighted by Crippen LogP contribution is -2.03. The summed E-state index contributed by atoms with van der Waals surface area (Å²) in [5.74, 6) is 1.61. The molecule has 2 N–H and O–H groups in total. The number of nitrogens with two attached hydrogens (primary N) is 1. The van der Waals surface area contributed by atoms with Crippen molar-refractivity contribution >= 4 is 5.82 Å². The Morgan fingerprint density at radius 2 is 2.42 bits per heavy atom. The zero-order valence-corrected chi connectivity index (χ0v) is 7.45. The summed E-state index contributed by atoms with van der Waals surface area (Å²) in [6.45, 7) is 3.09. The van der Waals surface area contributed by atoms with E-state index < -0.39 is 0 Å². The lowest BCUT2D eigenvalue weighted by molar-refractivity contribution is 0.537. The van der Waals surface area contributed by atoms with Crippen LogP contribution in [-0.4, -0.2) is 9.78 Å². The van der Waals surface area contributed by atoms with Gasteiger partial charge in [0.2, 0.25) is 0 Å². The molecule has 1 fully saturated rings. The lowest BCUT2D eigenvalue weighted by Gasteiger charge is -2.01. The van der Waals surface area contributed by atoms with Crippen LogP contribution in [0.3, 0.4) is 0 Å². The normalized spacial score (nSPS) is 16.8. The first-order chi connectivity index (χ1) is 5.75. The molecule has 0 unspecified atom stereocenters. The summed E-state index contributed by atoms with van der Waals surface area (Å²) < 4.78 is 2.01. The summed E-state index contributed by atoms with van der Waals surface area (Å²) in [5.41, 5.74) is 6.74. The fourth-order valence-electron chi connectivity index (χ4n) is 1.47. The van der Waals surface area contributed by atoms with E-state index in [-0.39, 0.29) is 0 Å². The molecule has 0 bridgehead atoms. The number of nitrogen functional groups attached to an aromatic ring is 1. The quantitative estimate of drug-likeness (QED) is 0.738. The highest BCUT2D eigenvalue weighted by Gasteiger charge is 2.20. The molecule has 1 saturated carbocycles. The summed E-state index contributed by atoms with van der Waals surface area (Å²) in [5, 5.41) is 4.20. The smallest absolute Gasteiger partial charge is 0.145 e. The molecule has 3 heteroatoms. The number of aryl methyl sites for hydroxylation is 2. The minimum absolute atomic E-state index is 0.642. The van der Waals surface area contributed by atoms with Crippen LogP contribution in [0.4, 0.5) is 5.82 Å². The van der Waals surface area contributed by atoms with Crippen molar-refractivity contribution in [3.8, 4) is 0 Å². The molecular formula is C9H15N3. The Balaban J connectivity index is 1.96. The largest absolute Gasteiger partial charge is 0.382 e. The third kappa shape index (κ3) is 1.60. The molecule has 0 aromatic carbocycles. The van der Waals surface area contributed by atoms with Crippen molar-refractivity contribution in [2.75, 3.05) is 5.73 Å². The lowest BCUT2D eigenvalue weighted by atomic mass is 10.3. The number of nitrogens with zero attached hydrogens (tertiary/aromatic N) is 2. The van der Waals surface area contributed by atoms with Crippen LogP contribution in [0.15, 0.2) is 6.07 Å².